The summed E-state index contributed by atoms with van der Waals surface area (Å²) in [6.45, 7) is 4.19. The molecule has 2 aromatic rings. The molecule has 0 aliphatic carbocycles. The second-order valence-corrected chi connectivity index (χ2v) is 9.39. The number of thioether (sulfide) groups is 1. The fraction of sp³-hybridized carbons (Fsp3) is 0.409. The number of halogens is 1. The summed E-state index contributed by atoms with van der Waals surface area (Å²) in [6.07, 6.45) is 0.277. The van der Waals surface area contributed by atoms with Gasteiger partial charge in [-0.1, -0.05) is 35.9 Å². The molecule has 28 heavy (non-hydrogen) atoms. The minimum Gasteiger partial charge on any atom is -0.450 e. The zero-order chi connectivity index (χ0) is 19.5. The Hall–Kier alpha value is -1.69. The summed E-state index contributed by atoms with van der Waals surface area (Å²) in [4.78, 5) is 12.7. The van der Waals surface area contributed by atoms with Crippen LogP contribution in [-0.2, 0) is 16.0 Å². The van der Waals surface area contributed by atoms with Crippen LogP contribution in [0.15, 0.2) is 47.4 Å². The van der Waals surface area contributed by atoms with Crippen molar-refractivity contribution < 1.29 is 19.1 Å². The second kappa shape index (κ2) is 6.41. The van der Waals surface area contributed by atoms with Crippen molar-refractivity contribution in [2.75, 3.05) is 13.1 Å². The zero-order valence-corrected chi connectivity index (χ0v) is 17.3. The van der Waals surface area contributed by atoms with Gasteiger partial charge in [-0.3, -0.25) is 4.48 Å². The van der Waals surface area contributed by atoms with Crippen molar-refractivity contribution in [3.8, 4) is 0 Å². The number of carboxylic acid groups (broad SMARTS) is 1. The van der Waals surface area contributed by atoms with Gasteiger partial charge in [0.25, 0.3) is 0 Å². The average molecular weight is 417 g/mol. The highest BCUT2D eigenvalue weighted by Crippen LogP contribution is 2.68. The van der Waals surface area contributed by atoms with Gasteiger partial charge in [-0.2, -0.15) is 0 Å². The molecule has 6 heteroatoms. The number of fused-ring (bicyclic) bond motifs is 7. The minimum atomic E-state index is -1.18. The monoisotopic (exact) mass is 416 g/mol. The van der Waals surface area contributed by atoms with E-state index >= 15 is 0 Å². The fourth-order valence-electron chi connectivity index (χ4n) is 6.09. The SMILES string of the molecule is CC[N+]12CCCC(OC(=O)O)C1[C@]21c2ccccc2CSc2ccc(Cl)cc21. The molecule has 4 nitrogen and oxygen atoms in total. The molecule has 3 aliphatic rings. The van der Waals surface area contributed by atoms with Crippen molar-refractivity contribution in [1.29, 1.82) is 0 Å². The summed E-state index contributed by atoms with van der Waals surface area (Å²) >= 11 is 8.32. The van der Waals surface area contributed by atoms with Gasteiger partial charge < -0.3 is 9.84 Å². The van der Waals surface area contributed by atoms with Gasteiger partial charge in [0, 0.05) is 33.2 Å². The lowest BCUT2D eigenvalue weighted by Gasteiger charge is -2.30. The first kappa shape index (κ1) is 18.3. The zero-order valence-electron chi connectivity index (χ0n) is 15.7. The van der Waals surface area contributed by atoms with Gasteiger partial charge in [0.05, 0.1) is 13.1 Å². The number of nitrogens with zero attached hydrogens (tertiary/aromatic N) is 1. The molecule has 4 atom stereocenters. The van der Waals surface area contributed by atoms with E-state index in [-0.39, 0.29) is 17.7 Å². The smallest absolute Gasteiger partial charge is 0.450 e. The number of piperidine rings is 1. The second-order valence-electron chi connectivity index (χ2n) is 7.94. The van der Waals surface area contributed by atoms with Gasteiger partial charge in [0.1, 0.15) is 0 Å². The summed E-state index contributed by atoms with van der Waals surface area (Å²) < 4.78 is 6.32. The van der Waals surface area contributed by atoms with Crippen molar-refractivity contribution in [3.05, 3.63) is 64.2 Å². The van der Waals surface area contributed by atoms with Crippen molar-refractivity contribution in [3.63, 3.8) is 0 Å². The van der Waals surface area contributed by atoms with Crippen LogP contribution in [0.3, 0.4) is 0 Å². The Bertz CT molecular complexity index is 967. The van der Waals surface area contributed by atoms with Crippen LogP contribution in [0, 0.1) is 0 Å². The van der Waals surface area contributed by atoms with Crippen LogP contribution in [-0.4, -0.2) is 41.0 Å². The maximum absolute atomic E-state index is 11.5. The van der Waals surface area contributed by atoms with E-state index in [0.29, 0.717) is 0 Å². The van der Waals surface area contributed by atoms with Gasteiger partial charge >= 0.3 is 6.16 Å². The summed E-state index contributed by atoms with van der Waals surface area (Å²) in [5, 5.41) is 10.1. The number of benzene rings is 2. The van der Waals surface area contributed by atoms with E-state index in [4.69, 9.17) is 16.3 Å². The van der Waals surface area contributed by atoms with Crippen LogP contribution in [0.25, 0.3) is 0 Å². The van der Waals surface area contributed by atoms with Gasteiger partial charge in [-0.25, -0.2) is 4.79 Å². The lowest BCUT2D eigenvalue weighted by Crippen LogP contribution is -2.42. The molecule has 5 rings (SSSR count). The first-order valence-corrected chi connectivity index (χ1v) is 11.2. The van der Waals surface area contributed by atoms with E-state index in [1.807, 2.05) is 17.8 Å². The van der Waals surface area contributed by atoms with Gasteiger partial charge in [0.2, 0.25) is 5.54 Å². The molecule has 3 unspecified atom stereocenters. The first-order chi connectivity index (χ1) is 13.5. The standard InChI is InChI=1S/C22H22ClNO3S/c1-2-24-11-5-8-18(27-21(25)26)20(24)22(24)16-7-4-3-6-14(16)13-28-19-10-9-15(23)12-17(19)22/h3-4,6-7,9-10,12,18,20H,2,5,8,11,13H2,1H3/p+1/t18?,20?,22-,24?/m1/s1. The molecule has 0 radical (unpaired) electrons. The van der Waals surface area contributed by atoms with Gasteiger partial charge in [0.15, 0.2) is 12.1 Å². The summed E-state index contributed by atoms with van der Waals surface area (Å²) in [5.41, 5.74) is 3.60. The van der Waals surface area contributed by atoms with Crippen molar-refractivity contribution in [2.45, 2.75) is 48.1 Å². The highest BCUT2D eigenvalue weighted by atomic mass is 35.5. The molecule has 3 aliphatic heterocycles. The molecule has 2 saturated heterocycles. The Kier molecular flexibility index (Phi) is 4.20. The van der Waals surface area contributed by atoms with Crippen molar-refractivity contribution in [1.82, 2.24) is 0 Å². The Labute approximate surface area is 174 Å². The predicted molar refractivity (Wildman–Crippen MR) is 110 cm³/mol. The fourth-order valence-corrected chi connectivity index (χ4v) is 7.36. The van der Waals surface area contributed by atoms with Crippen LogP contribution in [0.5, 0.6) is 0 Å². The predicted octanol–water partition coefficient (Wildman–Crippen LogP) is 5.27. The third-order valence-corrected chi connectivity index (χ3v) is 8.33. The molecule has 2 aromatic carbocycles. The van der Waals surface area contributed by atoms with Gasteiger partial charge in [-0.05, 0) is 37.1 Å². The molecule has 146 valence electrons. The Balaban J connectivity index is 1.80. The largest absolute Gasteiger partial charge is 0.506 e. The number of ether oxygens (including phenoxy) is 1. The minimum absolute atomic E-state index is 0.0967. The molecule has 1 spiro atoms. The highest BCUT2D eigenvalue weighted by molar-refractivity contribution is 7.98. The van der Waals surface area contributed by atoms with E-state index in [1.54, 1.807) is 0 Å². The lowest BCUT2D eigenvalue weighted by atomic mass is 9.83. The van der Waals surface area contributed by atoms with Crippen LogP contribution in [0.1, 0.15) is 36.5 Å². The topological polar surface area (TPSA) is 46.5 Å². The third kappa shape index (κ3) is 2.27. The number of quaternary nitrogens is 1. The molecule has 0 amide bonds. The van der Waals surface area contributed by atoms with E-state index in [9.17, 15) is 9.90 Å². The number of rotatable bonds is 2. The number of hydrogen-bond acceptors (Lipinski definition) is 3. The normalized spacial score (nSPS) is 32.6. The number of carbonyl (C=O) groups is 1. The third-order valence-electron chi connectivity index (χ3n) is 6.97. The lowest BCUT2D eigenvalue weighted by molar-refractivity contribution is -0.846. The molecule has 0 saturated carbocycles. The van der Waals surface area contributed by atoms with Crippen LogP contribution >= 0.6 is 23.4 Å². The van der Waals surface area contributed by atoms with Crippen molar-refractivity contribution in [2.24, 2.45) is 0 Å². The highest BCUT2D eigenvalue weighted by Gasteiger charge is 2.84. The maximum atomic E-state index is 11.5. The Morgan fingerprint density at radius 2 is 2.14 bits per heavy atom. The number of hydrogen-bond donors (Lipinski definition) is 1. The van der Waals surface area contributed by atoms with Crippen LogP contribution in [0.2, 0.25) is 5.02 Å². The van der Waals surface area contributed by atoms with Crippen LogP contribution < -0.4 is 0 Å². The molecule has 2 fully saturated rings. The maximum Gasteiger partial charge on any atom is 0.506 e. The van der Waals surface area contributed by atoms with Crippen LogP contribution in [0.4, 0.5) is 4.79 Å². The van der Waals surface area contributed by atoms with E-state index < -0.39 is 6.16 Å². The van der Waals surface area contributed by atoms with Gasteiger partial charge in [-0.15, -0.1) is 11.8 Å². The molecular weight excluding hydrogens is 394 g/mol. The molecule has 3 heterocycles. The molecule has 0 aromatic heterocycles. The Morgan fingerprint density at radius 1 is 1.32 bits per heavy atom. The first-order valence-electron chi connectivity index (χ1n) is 9.82. The molecule has 0 bridgehead atoms. The summed E-state index contributed by atoms with van der Waals surface area (Å²) in [5.74, 6) is 0.910. The van der Waals surface area contributed by atoms with E-state index in [0.717, 1.165) is 41.2 Å². The molecule has 1 N–H and O–H groups in total. The summed E-state index contributed by atoms with van der Waals surface area (Å²) in [7, 11) is 0. The number of likely N-dealkylation sites (N-methyl/N-ethyl adjacent to an activating group) is 1. The molecular formula is C22H23ClNO3S+. The van der Waals surface area contributed by atoms with E-state index in [2.05, 4.69) is 43.3 Å². The summed E-state index contributed by atoms with van der Waals surface area (Å²) in [6, 6.07) is 14.9. The average Bonchev–Trinajstić information content (AvgIpc) is 3.35. The van der Waals surface area contributed by atoms with Crippen molar-refractivity contribution >= 4 is 29.5 Å². The Morgan fingerprint density at radius 3 is 2.93 bits per heavy atom. The quantitative estimate of drug-likeness (QED) is 0.411. The van der Waals surface area contributed by atoms with E-state index in [1.165, 1.54) is 21.6 Å².